The lowest BCUT2D eigenvalue weighted by molar-refractivity contribution is 0.403. The van der Waals surface area contributed by atoms with Crippen molar-refractivity contribution >= 4 is 8.56 Å². The van der Waals surface area contributed by atoms with Crippen LogP contribution in [-0.4, -0.2) is 26.7 Å². The Kier molecular flexibility index (Phi) is 7.58. The third kappa shape index (κ3) is 6.39. The maximum Gasteiger partial charge on any atom is 0.278 e. The Morgan fingerprint density at radius 1 is 0.947 bits per heavy atom. The molecular weight excluding hydrogens is 250 g/mol. The molecule has 3 N–H and O–H groups in total. The van der Waals surface area contributed by atoms with Crippen LogP contribution in [0.1, 0.15) is 72.6 Å². The van der Waals surface area contributed by atoms with E-state index in [2.05, 4.69) is 49.2 Å². The van der Waals surface area contributed by atoms with E-state index >= 15 is 0 Å². The second kappa shape index (κ2) is 8.40. The monoisotopic (exact) mass is 285 g/mol. The minimum Gasteiger partial charge on any atom is -0.311 e. The van der Waals surface area contributed by atoms with Crippen LogP contribution >= 0.6 is 0 Å². The summed E-state index contributed by atoms with van der Waals surface area (Å²) in [5, 5.41) is 0. The van der Waals surface area contributed by atoms with Gasteiger partial charge in [-0.1, -0.05) is 47.0 Å². The molecule has 0 amide bonds. The van der Waals surface area contributed by atoms with Crippen LogP contribution in [0.25, 0.3) is 0 Å². The van der Waals surface area contributed by atoms with Crippen molar-refractivity contribution in [3.05, 3.63) is 0 Å². The lowest BCUT2D eigenvalue weighted by Gasteiger charge is -2.39. The molecule has 3 nitrogen and oxygen atoms in total. The number of rotatable bonds is 8. The van der Waals surface area contributed by atoms with E-state index in [4.69, 9.17) is 0 Å². The van der Waals surface area contributed by atoms with Gasteiger partial charge in [-0.25, -0.2) is 0 Å². The summed E-state index contributed by atoms with van der Waals surface area (Å²) >= 11 is 0. The first-order valence-corrected chi connectivity index (χ1v) is 10.8. The summed E-state index contributed by atoms with van der Waals surface area (Å²) in [6.45, 7) is 11.5. The van der Waals surface area contributed by atoms with Crippen molar-refractivity contribution in [3.8, 4) is 0 Å². The standard InChI is InChI=1S/C15H35N3Si/c1-6-13(3)16-19(5,17-14(4)7-2)18-15-11-9-8-10-12-15/h13-18H,6-12H2,1-5H3. The van der Waals surface area contributed by atoms with E-state index in [0.717, 1.165) is 6.04 Å². The highest BCUT2D eigenvalue weighted by Gasteiger charge is 2.33. The highest BCUT2D eigenvalue weighted by Crippen LogP contribution is 2.18. The zero-order chi connectivity index (χ0) is 14.3. The van der Waals surface area contributed by atoms with Gasteiger partial charge in [0, 0.05) is 6.04 Å². The van der Waals surface area contributed by atoms with E-state index in [0.29, 0.717) is 12.1 Å². The van der Waals surface area contributed by atoms with Gasteiger partial charge in [-0.05, 0) is 44.3 Å². The average Bonchev–Trinajstić information content (AvgIpc) is 2.39. The molecule has 1 aliphatic rings. The molecule has 1 aliphatic carbocycles. The summed E-state index contributed by atoms with van der Waals surface area (Å²) in [6.07, 6.45) is 9.31. The lowest BCUT2D eigenvalue weighted by atomic mass is 9.96. The molecule has 0 aromatic rings. The smallest absolute Gasteiger partial charge is 0.278 e. The fourth-order valence-corrected chi connectivity index (χ4v) is 6.70. The molecule has 2 unspecified atom stereocenters. The van der Waals surface area contributed by atoms with Crippen molar-refractivity contribution in [1.29, 1.82) is 0 Å². The molecule has 0 aromatic heterocycles. The highest BCUT2D eigenvalue weighted by molar-refractivity contribution is 6.71. The summed E-state index contributed by atoms with van der Waals surface area (Å²) in [4.78, 5) is 11.7. The predicted molar refractivity (Wildman–Crippen MR) is 87.4 cm³/mol. The van der Waals surface area contributed by atoms with Gasteiger partial charge in [-0.15, -0.1) is 0 Å². The van der Waals surface area contributed by atoms with Gasteiger partial charge in [0.05, 0.1) is 0 Å². The molecular formula is C15H35N3Si. The summed E-state index contributed by atoms with van der Waals surface area (Å²) in [5.74, 6) is 0. The van der Waals surface area contributed by atoms with E-state index in [9.17, 15) is 0 Å². The third-order valence-electron chi connectivity index (χ3n) is 4.39. The van der Waals surface area contributed by atoms with Crippen LogP contribution in [-0.2, 0) is 0 Å². The minimum absolute atomic E-state index is 0.587. The molecule has 114 valence electrons. The number of hydrogen-bond acceptors (Lipinski definition) is 3. The minimum atomic E-state index is -1.75. The first kappa shape index (κ1) is 17.1. The van der Waals surface area contributed by atoms with E-state index < -0.39 is 8.56 Å². The quantitative estimate of drug-likeness (QED) is 0.599. The van der Waals surface area contributed by atoms with Gasteiger partial charge in [0.25, 0.3) is 8.56 Å². The molecule has 0 bridgehead atoms. The predicted octanol–water partition coefficient (Wildman–Crippen LogP) is 3.25. The molecule has 1 rings (SSSR count). The normalized spacial score (nSPS) is 23.8. The first-order chi connectivity index (χ1) is 8.99. The summed E-state index contributed by atoms with van der Waals surface area (Å²) in [5.41, 5.74) is 0. The second-order valence-electron chi connectivity index (χ2n) is 6.51. The van der Waals surface area contributed by atoms with E-state index in [-0.39, 0.29) is 0 Å². The summed E-state index contributed by atoms with van der Waals surface area (Å²) < 4.78 is 0. The summed E-state index contributed by atoms with van der Waals surface area (Å²) in [6, 6.07) is 1.90. The highest BCUT2D eigenvalue weighted by atomic mass is 28.4. The van der Waals surface area contributed by atoms with Crippen LogP contribution in [0.3, 0.4) is 0 Å². The van der Waals surface area contributed by atoms with Crippen molar-refractivity contribution < 1.29 is 0 Å². The molecule has 0 aromatic carbocycles. The van der Waals surface area contributed by atoms with Gasteiger partial charge in [0.2, 0.25) is 0 Å². The molecule has 1 fully saturated rings. The molecule has 4 heteroatoms. The van der Waals surface area contributed by atoms with Gasteiger partial charge >= 0.3 is 0 Å². The zero-order valence-corrected chi connectivity index (χ0v) is 14.7. The van der Waals surface area contributed by atoms with E-state index in [1.807, 2.05) is 0 Å². The van der Waals surface area contributed by atoms with Crippen LogP contribution in [0, 0.1) is 0 Å². The number of nitrogens with one attached hydrogen (secondary N) is 3. The average molecular weight is 286 g/mol. The van der Waals surface area contributed by atoms with Crippen molar-refractivity contribution in [2.45, 2.75) is 97.3 Å². The molecule has 0 saturated heterocycles. The maximum absolute atomic E-state index is 3.98. The maximum atomic E-state index is 3.98. The van der Waals surface area contributed by atoms with E-state index in [1.54, 1.807) is 0 Å². The van der Waals surface area contributed by atoms with Crippen molar-refractivity contribution in [2.75, 3.05) is 0 Å². The third-order valence-corrected chi connectivity index (χ3v) is 7.52. The lowest BCUT2D eigenvalue weighted by Crippen LogP contribution is -2.75. The Balaban J connectivity index is 2.60. The molecule has 1 saturated carbocycles. The SMILES string of the molecule is CCC(C)N[Si](C)(NC(C)CC)NC1CCCCC1. The second-order valence-corrected chi connectivity index (χ2v) is 9.63. The van der Waals surface area contributed by atoms with Crippen LogP contribution in [0.15, 0.2) is 0 Å². The van der Waals surface area contributed by atoms with Gasteiger partial charge in [-0.2, -0.15) is 0 Å². The van der Waals surface area contributed by atoms with Crippen molar-refractivity contribution in [1.82, 2.24) is 14.9 Å². The van der Waals surface area contributed by atoms with Crippen LogP contribution < -0.4 is 14.9 Å². The Hall–Kier alpha value is 0.0969. The van der Waals surface area contributed by atoms with Gasteiger partial charge in [0.1, 0.15) is 0 Å². The van der Waals surface area contributed by atoms with Crippen LogP contribution in [0.2, 0.25) is 6.55 Å². The van der Waals surface area contributed by atoms with E-state index in [1.165, 1.54) is 44.9 Å². The van der Waals surface area contributed by atoms with Crippen LogP contribution in [0.5, 0.6) is 0 Å². The largest absolute Gasteiger partial charge is 0.311 e. The number of hydrogen-bond donors (Lipinski definition) is 3. The Labute approximate surface area is 121 Å². The van der Waals surface area contributed by atoms with Gasteiger partial charge in [-0.3, -0.25) is 0 Å². The molecule has 0 heterocycles. The molecule has 0 radical (unpaired) electrons. The molecule has 0 aliphatic heterocycles. The molecule has 2 atom stereocenters. The summed E-state index contributed by atoms with van der Waals surface area (Å²) in [7, 11) is -1.75. The Morgan fingerprint density at radius 3 is 1.84 bits per heavy atom. The van der Waals surface area contributed by atoms with Gasteiger partial charge in [0.15, 0.2) is 0 Å². The first-order valence-electron chi connectivity index (χ1n) is 8.32. The van der Waals surface area contributed by atoms with Crippen molar-refractivity contribution in [3.63, 3.8) is 0 Å². The Bertz CT molecular complexity index is 230. The fourth-order valence-electron chi connectivity index (χ4n) is 2.97. The van der Waals surface area contributed by atoms with Crippen molar-refractivity contribution in [2.24, 2.45) is 0 Å². The van der Waals surface area contributed by atoms with Gasteiger partial charge < -0.3 is 14.9 Å². The Morgan fingerprint density at radius 2 is 1.42 bits per heavy atom. The topological polar surface area (TPSA) is 36.1 Å². The molecule has 19 heavy (non-hydrogen) atoms. The fraction of sp³-hybridized carbons (Fsp3) is 1.00. The van der Waals surface area contributed by atoms with Crippen LogP contribution in [0.4, 0.5) is 0 Å². The molecule has 0 spiro atoms. The zero-order valence-electron chi connectivity index (χ0n) is 13.7.